The van der Waals surface area contributed by atoms with Crippen LogP contribution in [0.5, 0.6) is 0 Å². The van der Waals surface area contributed by atoms with Gasteiger partial charge in [0, 0.05) is 7.11 Å². The van der Waals surface area contributed by atoms with Crippen LogP contribution in [0.25, 0.3) is 0 Å². The summed E-state index contributed by atoms with van der Waals surface area (Å²) in [5.74, 6) is 0. The fourth-order valence-corrected chi connectivity index (χ4v) is 0.0913. The van der Waals surface area contributed by atoms with Gasteiger partial charge in [-0.25, -0.2) is 0 Å². The van der Waals surface area contributed by atoms with Gasteiger partial charge in [0.2, 0.25) is 0 Å². The molecule has 0 rings (SSSR count). The average molecular weight is 301 g/mol. The molecule has 1 N–H and O–H groups in total. The summed E-state index contributed by atoms with van der Waals surface area (Å²) < 4.78 is 4.44. The Kier molecular flexibility index (Phi) is 21100. The highest BCUT2D eigenvalue weighted by Crippen LogP contribution is 1.56. The van der Waals surface area contributed by atoms with Gasteiger partial charge < -0.3 is 9.84 Å². The molecule has 0 aliphatic heterocycles. The first-order valence-corrected chi connectivity index (χ1v) is 5.51. The minimum absolute atomic E-state index is 0.122. The second kappa shape index (κ2) is 7170. The van der Waals surface area contributed by atoms with Gasteiger partial charge in [-0.3, -0.25) is 0 Å². The maximum Gasteiger partial charge on any atom is 0.0693 e. The number of ether oxygens (including phenoxy) is 1. The number of hydrogen-bond donors (Lipinski definition) is 1. The molecule has 0 amide bonds. The van der Waals surface area contributed by atoms with E-state index in [0.717, 1.165) is 0 Å². The van der Waals surface area contributed by atoms with Gasteiger partial charge in [-0.1, -0.05) is 0 Å². The van der Waals surface area contributed by atoms with Gasteiger partial charge in [0.15, 0.2) is 0 Å². The number of hydrogen-bond acceptors (Lipinski definition) is 2. The summed E-state index contributed by atoms with van der Waals surface area (Å²) in [5.41, 5.74) is 0. The van der Waals surface area contributed by atoms with Gasteiger partial charge in [0.1, 0.15) is 0 Å². The molecule has 0 heterocycles. The van der Waals surface area contributed by atoms with Crippen molar-refractivity contribution in [3.63, 3.8) is 0 Å². The van der Waals surface area contributed by atoms with Gasteiger partial charge in [0.25, 0.3) is 0 Å². The Labute approximate surface area is 136 Å². The molecule has 0 aromatic rings. The third-order valence-electron chi connectivity index (χ3n) is 0.295. The summed E-state index contributed by atoms with van der Waals surface area (Å²) in [7, 11) is 1.55. The van der Waals surface area contributed by atoms with Crippen LogP contribution in [-0.2, 0) is 4.74 Å². The lowest BCUT2D eigenvalue weighted by Gasteiger charge is -1.84. The van der Waals surface area contributed by atoms with E-state index < -0.39 is 0 Å². The van der Waals surface area contributed by atoms with E-state index in [9.17, 15) is 0 Å². The van der Waals surface area contributed by atoms with Crippen molar-refractivity contribution in [3.05, 3.63) is 105 Å². The molecule has 0 atom stereocenters. The number of aliphatic hydroxyl groups excluding tert-OH is 1. The lowest BCUT2D eigenvalue weighted by Crippen LogP contribution is -1.91. The van der Waals surface area contributed by atoms with Crippen molar-refractivity contribution in [3.8, 4) is 0 Å². The Balaban J connectivity index is -0.0000000115. The van der Waals surface area contributed by atoms with Crippen LogP contribution in [0.15, 0.2) is 105 Å². The Morgan fingerprint density at radius 2 is 0.667 bits per heavy atom. The number of rotatable bonds is 2. The first-order valence-electron chi connectivity index (χ1n) is 5.51. The molecule has 0 aromatic heterocycles. The van der Waals surface area contributed by atoms with Gasteiger partial charge in [-0.05, 0) is 0 Å². The molecule has 0 fully saturated rings. The van der Waals surface area contributed by atoms with Crippen molar-refractivity contribution in [1.82, 2.24) is 0 Å². The fraction of sp³-hybridized carbons (Fsp3) is 0.158. The van der Waals surface area contributed by atoms with E-state index in [4.69, 9.17) is 5.11 Å². The number of methoxy groups -OCH3 is 1. The van der Waals surface area contributed by atoms with Crippen molar-refractivity contribution in [2.24, 2.45) is 0 Å². The smallest absolute Gasteiger partial charge is 0.0693 e. The van der Waals surface area contributed by atoms with Gasteiger partial charge in [0.05, 0.1) is 13.2 Å². The molecule has 0 saturated carbocycles. The zero-order valence-corrected chi connectivity index (χ0v) is 14.6. The van der Waals surface area contributed by atoms with Crippen LogP contribution in [0.4, 0.5) is 0 Å². The molecule has 0 radical (unpaired) electrons. The topological polar surface area (TPSA) is 29.5 Å². The van der Waals surface area contributed by atoms with Gasteiger partial charge in [-0.15, -0.1) is 105 Å². The van der Waals surface area contributed by atoms with E-state index in [0.29, 0.717) is 6.61 Å². The molecule has 2 heteroatoms. The highest BCUT2D eigenvalue weighted by Gasteiger charge is 1.67. The molecule has 0 aromatic carbocycles. The van der Waals surface area contributed by atoms with E-state index in [1.807, 2.05) is 0 Å². The monoisotopic (exact) mass is 300 g/mol. The Bertz CT molecular complexity index is 59.6. The maximum atomic E-state index is 7.94. The third kappa shape index (κ3) is 175000. The highest BCUT2D eigenvalue weighted by atomic mass is 16.5. The van der Waals surface area contributed by atoms with Crippen LogP contribution in [0, 0.1) is 0 Å². The minimum atomic E-state index is 0.122. The predicted octanol–water partition coefficient (Wildman–Crippen LogP) is 6.04. The molecule has 0 aliphatic carbocycles. The van der Waals surface area contributed by atoms with Crippen molar-refractivity contribution in [2.75, 3.05) is 20.3 Å². The molecule has 128 valence electrons. The molecule has 0 spiro atoms. The van der Waals surface area contributed by atoms with E-state index in [1.54, 1.807) is 7.11 Å². The fourth-order valence-electron chi connectivity index (χ4n) is 0.0913. The van der Waals surface area contributed by atoms with Crippen LogP contribution in [0.1, 0.15) is 0 Å². The van der Waals surface area contributed by atoms with Gasteiger partial charge >= 0.3 is 0 Å². The summed E-state index contributed by atoms with van der Waals surface area (Å²) in [4.78, 5) is 0. The summed E-state index contributed by atoms with van der Waals surface area (Å²) in [6.07, 6.45) is 0. The zero-order chi connectivity index (χ0) is 20.1. The first kappa shape index (κ1) is 61.9. The molecular formula is C19H40O2. The second-order valence-electron chi connectivity index (χ2n) is 0.716. The van der Waals surface area contributed by atoms with E-state index in [2.05, 4.69) is 110 Å². The molecular weight excluding hydrogens is 260 g/mol. The molecule has 2 nitrogen and oxygen atoms in total. The van der Waals surface area contributed by atoms with E-state index >= 15 is 0 Å². The molecule has 0 bridgehead atoms. The Hall–Kier alpha value is -2.16. The molecule has 21 heavy (non-hydrogen) atoms. The summed E-state index contributed by atoms with van der Waals surface area (Å²) in [5, 5.41) is 7.94. The van der Waals surface area contributed by atoms with Crippen molar-refractivity contribution in [2.45, 2.75) is 0 Å². The van der Waals surface area contributed by atoms with Gasteiger partial charge in [-0.2, -0.15) is 0 Å². The van der Waals surface area contributed by atoms with Crippen molar-refractivity contribution >= 4 is 0 Å². The van der Waals surface area contributed by atoms with Crippen molar-refractivity contribution in [1.29, 1.82) is 0 Å². The second-order valence-corrected chi connectivity index (χ2v) is 0.716. The lowest BCUT2D eigenvalue weighted by atomic mass is 10.8. The number of aliphatic hydroxyl groups is 1. The van der Waals surface area contributed by atoms with Crippen LogP contribution in [0.2, 0.25) is 0 Å². The summed E-state index contributed by atoms with van der Waals surface area (Å²) in [6, 6.07) is 0. The normalized spacial score (nSPS) is 3.52. The van der Waals surface area contributed by atoms with Crippen LogP contribution >= 0.6 is 0 Å². The summed E-state index contributed by atoms with van der Waals surface area (Å²) in [6.45, 7) is 48.6. The van der Waals surface area contributed by atoms with Crippen LogP contribution in [0.3, 0.4) is 0 Å². The average Bonchev–Trinajstić information content (AvgIpc) is 2.69. The first-order chi connectivity index (χ1) is 10.4. The summed E-state index contributed by atoms with van der Waals surface area (Å²) >= 11 is 0. The standard InChI is InChI=1S/C3H8O2.8C2H4/c1-5-3-2-4;8*1-2/h4H,2-3H2,1H3;8*1-2H2. The lowest BCUT2D eigenvalue weighted by molar-refractivity contribution is 0.135. The zero-order valence-electron chi connectivity index (χ0n) is 14.6. The van der Waals surface area contributed by atoms with E-state index in [-0.39, 0.29) is 6.61 Å². The SMILES string of the molecule is C=C.C=C.C=C.C=C.C=C.C=C.C=C.C=C.COCCO. The van der Waals surface area contributed by atoms with Crippen LogP contribution < -0.4 is 0 Å². The largest absolute Gasteiger partial charge is 0.394 e. The predicted molar refractivity (Wildman–Crippen MR) is 109 cm³/mol. The Morgan fingerprint density at radius 1 is 0.524 bits per heavy atom. The molecule has 0 saturated heterocycles. The Morgan fingerprint density at radius 3 is 0.667 bits per heavy atom. The quantitative estimate of drug-likeness (QED) is 0.630. The molecule has 0 aliphatic rings. The maximum absolute atomic E-state index is 7.94. The minimum Gasteiger partial charge on any atom is -0.394 e. The third-order valence-corrected chi connectivity index (χ3v) is 0.295. The highest BCUT2D eigenvalue weighted by molar-refractivity contribution is 4.23. The van der Waals surface area contributed by atoms with Crippen molar-refractivity contribution < 1.29 is 9.84 Å². The van der Waals surface area contributed by atoms with E-state index in [1.165, 1.54) is 0 Å². The van der Waals surface area contributed by atoms with Crippen LogP contribution in [-0.4, -0.2) is 25.4 Å². The molecule has 0 unspecified atom stereocenters.